The highest BCUT2D eigenvalue weighted by molar-refractivity contribution is 9.10. The van der Waals surface area contributed by atoms with Crippen LogP contribution in [-0.2, 0) is 9.53 Å². The molecule has 0 fully saturated rings. The fourth-order valence-corrected chi connectivity index (χ4v) is 2.16. The Morgan fingerprint density at radius 1 is 1.59 bits per heavy atom. The lowest BCUT2D eigenvalue weighted by molar-refractivity contribution is -0.141. The number of nitrogens with one attached hydrogen (secondary N) is 1. The van der Waals surface area contributed by atoms with Crippen LogP contribution in [-0.4, -0.2) is 18.1 Å². The first-order valence-electron chi connectivity index (χ1n) is 5.20. The zero-order valence-corrected chi connectivity index (χ0v) is 11.0. The summed E-state index contributed by atoms with van der Waals surface area (Å²) in [5.41, 5.74) is 7.92. The predicted molar refractivity (Wildman–Crippen MR) is 69.6 cm³/mol. The second-order valence-corrected chi connectivity index (χ2v) is 4.74. The van der Waals surface area contributed by atoms with Crippen LogP contribution in [0.1, 0.15) is 18.0 Å². The van der Waals surface area contributed by atoms with Crippen molar-refractivity contribution in [2.24, 2.45) is 5.73 Å². The first-order chi connectivity index (χ1) is 8.11. The predicted octanol–water partition coefficient (Wildman–Crippen LogP) is 2.49. The Balaban J connectivity index is 2.35. The van der Waals surface area contributed by atoms with Crippen molar-refractivity contribution in [3.05, 3.63) is 34.4 Å². The molecule has 0 aliphatic rings. The van der Waals surface area contributed by atoms with E-state index >= 15 is 0 Å². The fraction of sp³-hybridized carbons (Fsp3) is 0.250. The quantitative estimate of drug-likeness (QED) is 0.855. The van der Waals surface area contributed by atoms with Gasteiger partial charge in [-0.05, 0) is 23.8 Å². The van der Waals surface area contributed by atoms with E-state index < -0.39 is 0 Å². The van der Waals surface area contributed by atoms with E-state index in [0.717, 1.165) is 20.9 Å². The topological polar surface area (TPSA) is 68.1 Å². The molecule has 0 aliphatic carbocycles. The number of hydrogen-bond acceptors (Lipinski definition) is 3. The lowest BCUT2D eigenvalue weighted by atomic mass is 10.0. The Bertz CT molecular complexity index is 550. The number of H-pyrrole nitrogens is 1. The monoisotopic (exact) mass is 296 g/mol. The van der Waals surface area contributed by atoms with Gasteiger partial charge in [0.1, 0.15) is 0 Å². The SMILES string of the molecule is COC(=O)C[C@@H](N)c1c[nH]c2ccc(Br)cc12. The molecule has 0 bridgehead atoms. The van der Waals surface area contributed by atoms with Crippen LogP contribution in [0.4, 0.5) is 0 Å². The van der Waals surface area contributed by atoms with Gasteiger partial charge in [0.05, 0.1) is 13.5 Å². The van der Waals surface area contributed by atoms with Gasteiger partial charge in [-0.2, -0.15) is 0 Å². The molecular weight excluding hydrogens is 284 g/mol. The highest BCUT2D eigenvalue weighted by Gasteiger charge is 2.15. The summed E-state index contributed by atoms with van der Waals surface area (Å²) in [6, 6.07) is 5.55. The second kappa shape index (κ2) is 4.89. The van der Waals surface area contributed by atoms with Crippen molar-refractivity contribution in [3.63, 3.8) is 0 Å². The number of nitrogens with two attached hydrogens (primary N) is 1. The average molecular weight is 297 g/mol. The lowest BCUT2D eigenvalue weighted by Crippen LogP contribution is -2.15. The Morgan fingerprint density at radius 3 is 3.06 bits per heavy atom. The van der Waals surface area contributed by atoms with E-state index in [1.165, 1.54) is 7.11 Å². The molecule has 17 heavy (non-hydrogen) atoms. The van der Waals surface area contributed by atoms with Crippen molar-refractivity contribution in [1.29, 1.82) is 0 Å². The highest BCUT2D eigenvalue weighted by atomic mass is 79.9. The van der Waals surface area contributed by atoms with E-state index in [9.17, 15) is 4.79 Å². The maximum atomic E-state index is 11.2. The van der Waals surface area contributed by atoms with E-state index in [4.69, 9.17) is 5.73 Å². The average Bonchev–Trinajstić information content (AvgIpc) is 2.71. The van der Waals surface area contributed by atoms with Crippen LogP contribution in [0.5, 0.6) is 0 Å². The molecule has 1 heterocycles. The van der Waals surface area contributed by atoms with Gasteiger partial charge >= 0.3 is 5.97 Å². The highest BCUT2D eigenvalue weighted by Crippen LogP contribution is 2.27. The third-order valence-corrected chi connectivity index (χ3v) is 3.18. The summed E-state index contributed by atoms with van der Waals surface area (Å²) in [5.74, 6) is -0.304. The van der Waals surface area contributed by atoms with Crippen LogP contribution in [0.3, 0.4) is 0 Å². The normalized spacial score (nSPS) is 12.6. The molecule has 0 radical (unpaired) electrons. The van der Waals surface area contributed by atoms with Gasteiger partial charge in [0, 0.05) is 27.6 Å². The molecule has 90 valence electrons. The second-order valence-electron chi connectivity index (χ2n) is 3.82. The maximum absolute atomic E-state index is 11.2. The number of carbonyl (C=O) groups is 1. The van der Waals surface area contributed by atoms with Gasteiger partial charge in [-0.15, -0.1) is 0 Å². The van der Waals surface area contributed by atoms with Gasteiger partial charge in [0.2, 0.25) is 0 Å². The molecule has 0 saturated carbocycles. The van der Waals surface area contributed by atoms with Gasteiger partial charge in [-0.3, -0.25) is 4.79 Å². The summed E-state index contributed by atoms with van der Waals surface area (Å²) >= 11 is 3.42. The number of hydrogen-bond donors (Lipinski definition) is 2. The van der Waals surface area contributed by atoms with Crippen molar-refractivity contribution in [3.8, 4) is 0 Å². The first-order valence-corrected chi connectivity index (χ1v) is 6.00. The molecule has 1 atom stereocenters. The Morgan fingerprint density at radius 2 is 2.35 bits per heavy atom. The Labute approximate surface area is 107 Å². The van der Waals surface area contributed by atoms with Crippen LogP contribution in [0.15, 0.2) is 28.9 Å². The molecule has 0 unspecified atom stereocenters. The van der Waals surface area contributed by atoms with Crippen molar-refractivity contribution < 1.29 is 9.53 Å². The van der Waals surface area contributed by atoms with E-state index in [2.05, 4.69) is 25.7 Å². The van der Waals surface area contributed by atoms with Gasteiger partial charge in [-0.1, -0.05) is 15.9 Å². The molecule has 4 nitrogen and oxygen atoms in total. The van der Waals surface area contributed by atoms with Gasteiger partial charge < -0.3 is 15.5 Å². The van der Waals surface area contributed by atoms with Crippen molar-refractivity contribution in [2.45, 2.75) is 12.5 Å². The first kappa shape index (κ1) is 12.1. The number of methoxy groups -OCH3 is 1. The van der Waals surface area contributed by atoms with E-state index in [0.29, 0.717) is 0 Å². The van der Waals surface area contributed by atoms with Crippen LogP contribution in [0, 0.1) is 0 Å². The number of halogens is 1. The van der Waals surface area contributed by atoms with Crippen LogP contribution < -0.4 is 5.73 Å². The molecule has 5 heteroatoms. The molecule has 2 rings (SSSR count). The number of aromatic nitrogens is 1. The molecule has 0 spiro atoms. The molecule has 1 aromatic carbocycles. The van der Waals surface area contributed by atoms with Crippen LogP contribution in [0.2, 0.25) is 0 Å². The van der Waals surface area contributed by atoms with E-state index in [1.807, 2.05) is 24.4 Å². The van der Waals surface area contributed by atoms with E-state index in [1.54, 1.807) is 0 Å². The Hall–Kier alpha value is -1.33. The number of rotatable bonds is 3. The number of ether oxygens (including phenoxy) is 1. The third kappa shape index (κ3) is 2.50. The Kier molecular flexibility index (Phi) is 3.49. The molecule has 3 N–H and O–H groups in total. The molecule has 1 aromatic heterocycles. The summed E-state index contributed by atoms with van der Waals surface area (Å²) in [6.07, 6.45) is 2.01. The smallest absolute Gasteiger partial charge is 0.307 e. The molecule has 0 aliphatic heterocycles. The summed E-state index contributed by atoms with van der Waals surface area (Å²) in [6.45, 7) is 0. The summed E-state index contributed by atoms with van der Waals surface area (Å²) in [4.78, 5) is 14.3. The zero-order valence-electron chi connectivity index (χ0n) is 9.37. The summed E-state index contributed by atoms with van der Waals surface area (Å²) < 4.78 is 5.60. The number of esters is 1. The standard InChI is InChI=1S/C12H13BrN2O2/c1-17-12(16)5-10(14)9-6-15-11-3-2-7(13)4-8(9)11/h2-4,6,10,15H,5,14H2,1H3/t10-/m1/s1. The molecule has 2 aromatic rings. The van der Waals surface area contributed by atoms with Gasteiger partial charge in [0.15, 0.2) is 0 Å². The van der Waals surface area contributed by atoms with Gasteiger partial charge in [0.25, 0.3) is 0 Å². The number of benzene rings is 1. The fourth-order valence-electron chi connectivity index (χ4n) is 1.79. The zero-order chi connectivity index (χ0) is 12.4. The van der Waals surface area contributed by atoms with E-state index in [-0.39, 0.29) is 18.4 Å². The number of fused-ring (bicyclic) bond motifs is 1. The van der Waals surface area contributed by atoms with Gasteiger partial charge in [-0.25, -0.2) is 0 Å². The van der Waals surface area contributed by atoms with Crippen molar-refractivity contribution in [2.75, 3.05) is 7.11 Å². The molecular formula is C12H13BrN2O2. The third-order valence-electron chi connectivity index (χ3n) is 2.69. The minimum atomic E-state index is -0.356. The largest absolute Gasteiger partial charge is 0.469 e. The van der Waals surface area contributed by atoms with Crippen molar-refractivity contribution >= 4 is 32.8 Å². The van der Waals surface area contributed by atoms with Crippen molar-refractivity contribution in [1.82, 2.24) is 4.98 Å². The molecule has 0 saturated heterocycles. The summed E-state index contributed by atoms with van der Waals surface area (Å²) in [7, 11) is 1.36. The van der Waals surface area contributed by atoms with Crippen LogP contribution >= 0.6 is 15.9 Å². The number of carbonyl (C=O) groups excluding carboxylic acids is 1. The number of aromatic amines is 1. The minimum absolute atomic E-state index is 0.177. The summed E-state index contributed by atoms with van der Waals surface area (Å²) in [5, 5.41) is 1.02. The lowest BCUT2D eigenvalue weighted by Gasteiger charge is -2.09. The minimum Gasteiger partial charge on any atom is -0.469 e. The van der Waals surface area contributed by atoms with Crippen LogP contribution in [0.25, 0.3) is 10.9 Å². The molecule has 0 amide bonds. The maximum Gasteiger partial charge on any atom is 0.307 e.